The van der Waals surface area contributed by atoms with Gasteiger partial charge >= 0.3 is 5.97 Å². The van der Waals surface area contributed by atoms with Gasteiger partial charge in [0.25, 0.3) is 5.91 Å². The SMILES string of the molecule is C=CCn1c(SCC(=O)Nc2ccc(C(=O)OC)cc2)nnc1C(CC(C)C)NC(=O)c1ccccc1. The number of allylic oxidation sites excluding steroid dienone is 1. The summed E-state index contributed by atoms with van der Waals surface area (Å²) in [7, 11) is 1.31. The lowest BCUT2D eigenvalue weighted by molar-refractivity contribution is -0.113. The van der Waals surface area contributed by atoms with E-state index < -0.39 is 5.97 Å². The molecule has 10 heteroatoms. The van der Waals surface area contributed by atoms with Gasteiger partial charge in [0.05, 0.1) is 24.5 Å². The molecule has 0 saturated heterocycles. The minimum Gasteiger partial charge on any atom is -0.465 e. The number of carbonyl (C=O) groups is 3. The molecule has 0 aliphatic carbocycles. The Kier molecular flexibility index (Phi) is 10.0. The molecule has 3 rings (SSSR count). The number of aromatic nitrogens is 3. The molecule has 0 aliphatic rings. The smallest absolute Gasteiger partial charge is 0.337 e. The fourth-order valence-corrected chi connectivity index (χ4v) is 4.39. The van der Waals surface area contributed by atoms with E-state index in [1.807, 2.05) is 22.8 Å². The molecule has 194 valence electrons. The minimum absolute atomic E-state index is 0.0965. The lowest BCUT2D eigenvalue weighted by Crippen LogP contribution is -2.31. The molecule has 0 bridgehead atoms. The molecular formula is C27H31N5O4S. The van der Waals surface area contributed by atoms with E-state index in [1.54, 1.807) is 42.5 Å². The first-order valence-corrected chi connectivity index (χ1v) is 12.8. The lowest BCUT2D eigenvalue weighted by atomic mass is 10.0. The van der Waals surface area contributed by atoms with Gasteiger partial charge in [-0.3, -0.25) is 9.59 Å². The normalized spacial score (nSPS) is 11.6. The molecule has 2 N–H and O–H groups in total. The molecule has 1 heterocycles. The topological polar surface area (TPSA) is 115 Å². The fourth-order valence-electron chi connectivity index (χ4n) is 3.63. The van der Waals surface area contributed by atoms with Gasteiger partial charge in [-0.1, -0.05) is 49.9 Å². The van der Waals surface area contributed by atoms with Crippen molar-refractivity contribution in [2.24, 2.45) is 5.92 Å². The molecule has 9 nitrogen and oxygen atoms in total. The van der Waals surface area contributed by atoms with Gasteiger partial charge in [-0.2, -0.15) is 0 Å². The highest BCUT2D eigenvalue weighted by molar-refractivity contribution is 7.99. The molecule has 1 atom stereocenters. The fraction of sp³-hybridized carbons (Fsp3) is 0.296. The highest BCUT2D eigenvalue weighted by Crippen LogP contribution is 2.25. The number of hydrogen-bond acceptors (Lipinski definition) is 7. The zero-order valence-corrected chi connectivity index (χ0v) is 22.0. The van der Waals surface area contributed by atoms with E-state index in [-0.39, 0.29) is 23.6 Å². The number of anilines is 1. The van der Waals surface area contributed by atoms with Crippen LogP contribution in [0.2, 0.25) is 0 Å². The van der Waals surface area contributed by atoms with Gasteiger partial charge < -0.3 is 19.9 Å². The number of esters is 1. The second-order valence-electron chi connectivity index (χ2n) is 8.67. The average Bonchev–Trinajstić information content (AvgIpc) is 3.30. The Morgan fingerprint density at radius 3 is 2.38 bits per heavy atom. The number of thioether (sulfide) groups is 1. The summed E-state index contributed by atoms with van der Waals surface area (Å²) in [6, 6.07) is 15.1. The minimum atomic E-state index is -0.443. The van der Waals surface area contributed by atoms with Crippen molar-refractivity contribution in [3.05, 3.63) is 84.2 Å². The molecule has 37 heavy (non-hydrogen) atoms. The first kappa shape index (κ1) is 27.7. The maximum Gasteiger partial charge on any atom is 0.337 e. The van der Waals surface area contributed by atoms with E-state index in [0.29, 0.717) is 46.7 Å². The van der Waals surface area contributed by atoms with Crippen LogP contribution in [0.1, 0.15) is 52.9 Å². The summed E-state index contributed by atoms with van der Waals surface area (Å²) in [4.78, 5) is 37.0. The van der Waals surface area contributed by atoms with Crippen LogP contribution in [0.5, 0.6) is 0 Å². The van der Waals surface area contributed by atoms with Gasteiger partial charge in [0.2, 0.25) is 5.91 Å². The van der Waals surface area contributed by atoms with Crippen molar-refractivity contribution in [3.8, 4) is 0 Å². The number of hydrogen-bond donors (Lipinski definition) is 2. The Hall–Kier alpha value is -3.92. The number of amides is 2. The van der Waals surface area contributed by atoms with E-state index in [1.165, 1.54) is 18.9 Å². The predicted octanol–water partition coefficient (Wildman–Crippen LogP) is 4.50. The van der Waals surface area contributed by atoms with E-state index in [0.717, 1.165) is 0 Å². The van der Waals surface area contributed by atoms with Crippen LogP contribution in [0, 0.1) is 5.92 Å². The molecule has 0 radical (unpaired) electrons. The third-order valence-corrected chi connectivity index (χ3v) is 6.31. The van der Waals surface area contributed by atoms with Crippen LogP contribution in [0.3, 0.4) is 0 Å². The Morgan fingerprint density at radius 1 is 1.05 bits per heavy atom. The maximum absolute atomic E-state index is 12.9. The molecule has 0 aliphatic heterocycles. The van der Waals surface area contributed by atoms with Crippen LogP contribution in [0.15, 0.2) is 72.4 Å². The van der Waals surface area contributed by atoms with Crippen LogP contribution in [-0.2, 0) is 16.1 Å². The Balaban J connectivity index is 1.71. The van der Waals surface area contributed by atoms with Gasteiger partial charge in [-0.05, 0) is 48.7 Å². The summed E-state index contributed by atoms with van der Waals surface area (Å²) >= 11 is 1.24. The molecule has 0 spiro atoms. The summed E-state index contributed by atoms with van der Waals surface area (Å²) in [5.74, 6) is 0.134. The molecule has 0 saturated carbocycles. The standard InChI is InChI=1S/C27H31N5O4S/c1-5-15-32-24(22(16-18(2)3)29-25(34)19-9-7-6-8-10-19)30-31-27(32)37-17-23(33)28-21-13-11-20(12-14-21)26(35)36-4/h5-14,18,22H,1,15-17H2,2-4H3,(H,28,33)(H,29,34). The molecular weight excluding hydrogens is 490 g/mol. The predicted molar refractivity (Wildman–Crippen MR) is 143 cm³/mol. The van der Waals surface area contributed by atoms with E-state index in [4.69, 9.17) is 0 Å². The van der Waals surface area contributed by atoms with Crippen molar-refractivity contribution < 1.29 is 19.1 Å². The third-order valence-electron chi connectivity index (χ3n) is 5.34. The van der Waals surface area contributed by atoms with Crippen LogP contribution < -0.4 is 10.6 Å². The van der Waals surface area contributed by atoms with Gasteiger partial charge in [-0.25, -0.2) is 4.79 Å². The number of nitrogens with one attached hydrogen (secondary N) is 2. The van der Waals surface area contributed by atoms with Gasteiger partial charge in [0.1, 0.15) is 0 Å². The summed E-state index contributed by atoms with van der Waals surface area (Å²) in [5.41, 5.74) is 1.53. The summed E-state index contributed by atoms with van der Waals surface area (Å²) < 4.78 is 6.55. The van der Waals surface area contributed by atoms with Crippen molar-refractivity contribution >= 4 is 35.2 Å². The van der Waals surface area contributed by atoms with Crippen molar-refractivity contribution in [2.45, 2.75) is 38.0 Å². The first-order chi connectivity index (χ1) is 17.8. The Morgan fingerprint density at radius 2 is 1.76 bits per heavy atom. The van der Waals surface area contributed by atoms with Crippen molar-refractivity contribution in [1.29, 1.82) is 0 Å². The van der Waals surface area contributed by atoms with E-state index >= 15 is 0 Å². The largest absolute Gasteiger partial charge is 0.465 e. The van der Waals surface area contributed by atoms with Crippen LogP contribution in [0.25, 0.3) is 0 Å². The monoisotopic (exact) mass is 521 g/mol. The van der Waals surface area contributed by atoms with Crippen molar-refractivity contribution in [1.82, 2.24) is 20.1 Å². The Labute approximate surface area is 220 Å². The molecule has 0 fully saturated rings. The number of benzene rings is 2. The summed E-state index contributed by atoms with van der Waals surface area (Å²) in [5, 5.41) is 15.1. The summed E-state index contributed by atoms with van der Waals surface area (Å²) in [6.07, 6.45) is 2.39. The van der Waals surface area contributed by atoms with Crippen LogP contribution in [-0.4, -0.2) is 45.4 Å². The third kappa shape index (κ3) is 7.78. The van der Waals surface area contributed by atoms with Gasteiger partial charge in [-0.15, -0.1) is 16.8 Å². The number of nitrogens with zero attached hydrogens (tertiary/aromatic N) is 3. The zero-order chi connectivity index (χ0) is 26.8. The first-order valence-electron chi connectivity index (χ1n) is 11.8. The number of carbonyl (C=O) groups excluding carboxylic acids is 3. The summed E-state index contributed by atoms with van der Waals surface area (Å²) in [6.45, 7) is 8.42. The lowest BCUT2D eigenvalue weighted by Gasteiger charge is -2.21. The zero-order valence-electron chi connectivity index (χ0n) is 21.1. The molecule has 2 aromatic carbocycles. The average molecular weight is 522 g/mol. The number of rotatable bonds is 12. The van der Waals surface area contributed by atoms with Crippen molar-refractivity contribution in [3.63, 3.8) is 0 Å². The maximum atomic E-state index is 12.9. The van der Waals surface area contributed by atoms with Crippen molar-refractivity contribution in [2.75, 3.05) is 18.2 Å². The number of methoxy groups -OCH3 is 1. The molecule has 1 unspecified atom stereocenters. The van der Waals surface area contributed by atoms with Gasteiger partial charge in [0, 0.05) is 17.8 Å². The second kappa shape index (κ2) is 13.4. The molecule has 2 amide bonds. The van der Waals surface area contributed by atoms with Crippen LogP contribution >= 0.6 is 11.8 Å². The van der Waals surface area contributed by atoms with E-state index in [9.17, 15) is 14.4 Å². The Bertz CT molecular complexity index is 1230. The molecule has 1 aromatic heterocycles. The number of ether oxygens (including phenoxy) is 1. The quantitative estimate of drug-likeness (QED) is 0.205. The van der Waals surface area contributed by atoms with E-state index in [2.05, 4.69) is 46.0 Å². The van der Waals surface area contributed by atoms with Gasteiger partial charge in [0.15, 0.2) is 11.0 Å². The molecule has 3 aromatic rings. The highest BCUT2D eigenvalue weighted by atomic mass is 32.2. The second-order valence-corrected chi connectivity index (χ2v) is 9.61. The highest BCUT2D eigenvalue weighted by Gasteiger charge is 2.24. The van der Waals surface area contributed by atoms with Crippen LogP contribution in [0.4, 0.5) is 5.69 Å².